The molecular weight excluding hydrogens is 328 g/mol. The van der Waals surface area contributed by atoms with Crippen LogP contribution in [-0.4, -0.2) is 17.0 Å². The molecule has 0 unspecified atom stereocenters. The fraction of sp³-hybridized carbons (Fsp3) is 1.00. The maximum absolute atomic E-state index is 5.83. The Labute approximate surface area is 163 Å². The second-order valence-corrected chi connectivity index (χ2v) is 12.1. The van der Waals surface area contributed by atoms with Gasteiger partial charge in [0.2, 0.25) is 5.79 Å². The van der Waals surface area contributed by atoms with Gasteiger partial charge in [0.25, 0.3) is 0 Å². The van der Waals surface area contributed by atoms with Crippen LogP contribution in [0.25, 0.3) is 0 Å². The maximum Gasteiger partial charge on any atom is 0.231 e. The van der Waals surface area contributed by atoms with Gasteiger partial charge in [-0.05, 0) is 64.2 Å². The van der Waals surface area contributed by atoms with Crippen molar-refractivity contribution in [3.8, 4) is 0 Å². The monoisotopic (exact) mass is 374 g/mol. The van der Waals surface area contributed by atoms with E-state index in [0.717, 1.165) is 12.8 Å². The first-order chi connectivity index (χ1) is 11.2. The van der Waals surface area contributed by atoms with Crippen molar-refractivity contribution in [2.45, 2.75) is 126 Å². The van der Waals surface area contributed by atoms with E-state index < -0.39 is 17.0 Å². The Bertz CT molecular complexity index is 379. The Hall–Kier alpha value is -0.160. The fourth-order valence-corrected chi connectivity index (χ4v) is 3.84. The van der Waals surface area contributed by atoms with E-state index in [-0.39, 0.29) is 10.8 Å². The first kappa shape index (κ1) is 25.8. The van der Waals surface area contributed by atoms with Crippen LogP contribution in [0.2, 0.25) is 0 Å². The zero-order chi connectivity index (χ0) is 21.0. The molecule has 0 aromatic heterocycles. The molecule has 0 bridgehead atoms. The van der Waals surface area contributed by atoms with Gasteiger partial charge in [0.05, 0.1) is 11.2 Å². The van der Waals surface area contributed by atoms with Gasteiger partial charge in [0, 0.05) is 6.42 Å². The largest absolute Gasteiger partial charge is 0.231 e. The smallest absolute Gasteiger partial charge is 0.228 e. The van der Waals surface area contributed by atoms with Gasteiger partial charge >= 0.3 is 0 Å². The highest BCUT2D eigenvalue weighted by atomic mass is 17.3. The van der Waals surface area contributed by atoms with Crippen LogP contribution in [0, 0.1) is 16.7 Å². The average molecular weight is 375 g/mol. The summed E-state index contributed by atoms with van der Waals surface area (Å²) in [6, 6.07) is 0. The standard InChI is InChI=1S/C22H46O4/c1-17(2)14-22(13,25-23-20(9,10)15-18(3,4)5)26-24-21(11,12)16-19(6,7)8/h17H,14-16H2,1-13H3. The van der Waals surface area contributed by atoms with E-state index >= 15 is 0 Å². The quantitative estimate of drug-likeness (QED) is 0.233. The first-order valence-electron chi connectivity index (χ1n) is 9.98. The summed E-state index contributed by atoms with van der Waals surface area (Å²) >= 11 is 0. The Morgan fingerprint density at radius 1 is 0.538 bits per heavy atom. The van der Waals surface area contributed by atoms with Crippen LogP contribution in [0.15, 0.2) is 0 Å². The SMILES string of the molecule is CC(C)CC(C)(OOC(C)(C)CC(C)(C)C)OOC(C)(C)CC(C)(C)C. The molecule has 0 aromatic rings. The molecule has 0 aromatic carbocycles. The molecule has 0 amide bonds. The molecule has 26 heavy (non-hydrogen) atoms. The minimum atomic E-state index is -0.960. The second-order valence-electron chi connectivity index (χ2n) is 12.1. The molecule has 0 radical (unpaired) electrons. The lowest BCUT2D eigenvalue weighted by atomic mass is 9.84. The van der Waals surface area contributed by atoms with Crippen molar-refractivity contribution in [1.29, 1.82) is 0 Å². The molecule has 0 saturated carbocycles. The molecule has 0 aliphatic heterocycles. The second kappa shape index (κ2) is 8.89. The van der Waals surface area contributed by atoms with Crippen LogP contribution in [0.1, 0.15) is 109 Å². The molecule has 0 aliphatic rings. The van der Waals surface area contributed by atoms with Gasteiger partial charge in [-0.1, -0.05) is 55.4 Å². The molecule has 0 spiro atoms. The van der Waals surface area contributed by atoms with Gasteiger partial charge in [0.15, 0.2) is 0 Å². The highest BCUT2D eigenvalue weighted by Crippen LogP contribution is 2.35. The predicted molar refractivity (Wildman–Crippen MR) is 109 cm³/mol. The summed E-state index contributed by atoms with van der Waals surface area (Å²) in [4.78, 5) is 23.3. The van der Waals surface area contributed by atoms with Crippen LogP contribution in [0.5, 0.6) is 0 Å². The minimum Gasteiger partial charge on any atom is -0.228 e. The van der Waals surface area contributed by atoms with Gasteiger partial charge in [-0.15, -0.1) is 0 Å². The van der Waals surface area contributed by atoms with E-state index in [4.69, 9.17) is 19.6 Å². The Kier molecular flexibility index (Phi) is 8.84. The van der Waals surface area contributed by atoms with Gasteiger partial charge in [-0.25, -0.2) is 9.78 Å². The molecule has 0 rings (SSSR count). The average Bonchev–Trinajstić information content (AvgIpc) is 2.28. The fourth-order valence-electron chi connectivity index (χ4n) is 3.84. The predicted octanol–water partition coefficient (Wildman–Crippen LogP) is 7.07. The van der Waals surface area contributed by atoms with Crippen molar-refractivity contribution in [3.63, 3.8) is 0 Å². The summed E-state index contributed by atoms with van der Waals surface area (Å²) in [5.41, 5.74) is -0.539. The van der Waals surface area contributed by atoms with Crippen LogP contribution < -0.4 is 0 Å². The third-order valence-corrected chi connectivity index (χ3v) is 3.58. The molecule has 158 valence electrons. The molecule has 0 fully saturated rings. The van der Waals surface area contributed by atoms with Crippen LogP contribution in [0.3, 0.4) is 0 Å². The van der Waals surface area contributed by atoms with Gasteiger partial charge in [0.1, 0.15) is 0 Å². The lowest BCUT2D eigenvalue weighted by molar-refractivity contribution is -0.542. The third-order valence-electron chi connectivity index (χ3n) is 3.58. The normalized spacial score (nSPS) is 15.0. The van der Waals surface area contributed by atoms with Gasteiger partial charge in [-0.3, -0.25) is 0 Å². The van der Waals surface area contributed by atoms with E-state index in [1.807, 2.05) is 34.6 Å². The van der Waals surface area contributed by atoms with E-state index in [0.29, 0.717) is 12.3 Å². The molecule has 4 nitrogen and oxygen atoms in total. The van der Waals surface area contributed by atoms with E-state index in [9.17, 15) is 0 Å². The summed E-state index contributed by atoms with van der Waals surface area (Å²) in [5.74, 6) is -0.581. The lowest BCUT2D eigenvalue weighted by Gasteiger charge is -2.38. The number of hydrogen-bond donors (Lipinski definition) is 0. The van der Waals surface area contributed by atoms with Crippen molar-refractivity contribution >= 4 is 0 Å². The summed E-state index contributed by atoms with van der Waals surface area (Å²) in [6.07, 6.45) is 2.41. The minimum absolute atomic E-state index is 0.146. The highest BCUT2D eigenvalue weighted by Gasteiger charge is 2.38. The third kappa shape index (κ3) is 13.1. The van der Waals surface area contributed by atoms with Crippen LogP contribution >= 0.6 is 0 Å². The van der Waals surface area contributed by atoms with Crippen molar-refractivity contribution in [3.05, 3.63) is 0 Å². The summed E-state index contributed by atoms with van der Waals surface area (Å²) in [6.45, 7) is 27.5. The first-order valence-corrected chi connectivity index (χ1v) is 9.98. The van der Waals surface area contributed by atoms with Gasteiger partial charge < -0.3 is 0 Å². The van der Waals surface area contributed by atoms with E-state index in [1.54, 1.807) is 0 Å². The number of rotatable bonds is 10. The van der Waals surface area contributed by atoms with E-state index in [1.165, 1.54) is 0 Å². The van der Waals surface area contributed by atoms with Gasteiger partial charge in [-0.2, -0.15) is 9.78 Å². The Morgan fingerprint density at radius 3 is 1.08 bits per heavy atom. The zero-order valence-corrected chi connectivity index (χ0v) is 19.8. The van der Waals surface area contributed by atoms with Crippen LogP contribution in [-0.2, 0) is 19.6 Å². The highest BCUT2D eigenvalue weighted by molar-refractivity contribution is 4.77. The van der Waals surface area contributed by atoms with Crippen molar-refractivity contribution in [2.75, 3.05) is 0 Å². The number of hydrogen-bond acceptors (Lipinski definition) is 4. The zero-order valence-electron chi connectivity index (χ0n) is 19.8. The molecular formula is C22H46O4. The Balaban J connectivity index is 4.99. The van der Waals surface area contributed by atoms with Crippen molar-refractivity contribution in [2.24, 2.45) is 16.7 Å². The van der Waals surface area contributed by atoms with Crippen LogP contribution in [0.4, 0.5) is 0 Å². The summed E-state index contributed by atoms with van der Waals surface area (Å²) in [5, 5.41) is 0. The molecule has 0 N–H and O–H groups in total. The molecule has 0 aliphatic carbocycles. The van der Waals surface area contributed by atoms with Crippen molar-refractivity contribution in [1.82, 2.24) is 0 Å². The molecule has 0 atom stereocenters. The Morgan fingerprint density at radius 2 is 0.846 bits per heavy atom. The lowest BCUT2D eigenvalue weighted by Crippen LogP contribution is -2.42. The summed E-state index contributed by atoms with van der Waals surface area (Å²) in [7, 11) is 0. The van der Waals surface area contributed by atoms with E-state index in [2.05, 4.69) is 55.4 Å². The van der Waals surface area contributed by atoms with Crippen molar-refractivity contribution < 1.29 is 19.6 Å². The maximum atomic E-state index is 5.83. The molecule has 0 saturated heterocycles. The summed E-state index contributed by atoms with van der Waals surface area (Å²) < 4.78 is 0. The molecule has 0 heterocycles. The topological polar surface area (TPSA) is 36.9 Å². The molecule has 4 heteroatoms.